The Hall–Kier alpha value is -0.890. The lowest BCUT2D eigenvalue weighted by Gasteiger charge is -2.15. The van der Waals surface area contributed by atoms with E-state index >= 15 is 0 Å². The van der Waals surface area contributed by atoms with Crippen LogP contribution >= 0.6 is 15.9 Å². The number of benzene rings is 1. The molecule has 0 aromatic heterocycles. The summed E-state index contributed by atoms with van der Waals surface area (Å²) in [4.78, 5) is 12.1. The largest absolute Gasteiger partial charge is 0.289 e. The molecule has 2 heteroatoms. The molecular weight excluding hydrogens is 252 g/mol. The highest BCUT2D eigenvalue weighted by Gasteiger charge is 2.18. The first kappa shape index (κ1) is 10.6. The van der Waals surface area contributed by atoms with Crippen LogP contribution < -0.4 is 0 Å². The monoisotopic (exact) mass is 264 g/mol. The molecule has 0 bridgehead atoms. The molecule has 1 aliphatic carbocycles. The van der Waals surface area contributed by atoms with Crippen LogP contribution in [-0.4, -0.2) is 5.78 Å². The van der Waals surface area contributed by atoms with Crippen LogP contribution in [0, 0.1) is 0 Å². The van der Waals surface area contributed by atoms with E-state index in [0.717, 1.165) is 34.9 Å². The average Bonchev–Trinajstić information content (AvgIpc) is 2.30. The Labute approximate surface area is 98.3 Å². The van der Waals surface area contributed by atoms with Gasteiger partial charge in [0.05, 0.1) is 0 Å². The van der Waals surface area contributed by atoms with E-state index in [4.69, 9.17) is 0 Å². The topological polar surface area (TPSA) is 17.1 Å². The Bertz CT molecular complexity index is 392. The predicted octanol–water partition coefficient (Wildman–Crippen LogP) is 4.09. The minimum Gasteiger partial charge on any atom is -0.289 e. The third kappa shape index (κ3) is 2.37. The maximum absolute atomic E-state index is 12.1. The molecule has 0 heterocycles. The quantitative estimate of drug-likeness (QED) is 0.736. The molecule has 1 aromatic rings. The molecule has 0 radical (unpaired) electrons. The predicted molar refractivity (Wildman–Crippen MR) is 65.2 cm³/mol. The molecule has 1 aromatic carbocycles. The molecule has 0 N–H and O–H groups in total. The first-order valence-corrected chi connectivity index (χ1v) is 6.05. The Morgan fingerprint density at radius 1 is 1.07 bits per heavy atom. The number of carbonyl (C=O) groups excluding carboxylic acids is 1. The number of allylic oxidation sites excluding steroid dienone is 2. The third-order valence-electron chi connectivity index (χ3n) is 2.71. The van der Waals surface area contributed by atoms with Gasteiger partial charge in [0.25, 0.3) is 0 Å². The molecule has 0 unspecified atom stereocenters. The van der Waals surface area contributed by atoms with Crippen molar-refractivity contribution in [1.82, 2.24) is 0 Å². The first-order chi connectivity index (χ1) is 7.29. The molecule has 0 amide bonds. The summed E-state index contributed by atoms with van der Waals surface area (Å²) in [5, 5.41) is 0. The van der Waals surface area contributed by atoms with Gasteiger partial charge in [-0.1, -0.05) is 46.3 Å². The van der Waals surface area contributed by atoms with Crippen molar-refractivity contribution in [1.29, 1.82) is 0 Å². The number of carbonyl (C=O) groups is 1. The lowest BCUT2D eigenvalue weighted by atomic mass is 9.93. The maximum Gasteiger partial charge on any atom is 0.189 e. The maximum atomic E-state index is 12.1. The highest BCUT2D eigenvalue weighted by molar-refractivity contribution is 9.11. The van der Waals surface area contributed by atoms with Crippen molar-refractivity contribution in [3.63, 3.8) is 0 Å². The van der Waals surface area contributed by atoms with Gasteiger partial charge in [-0.25, -0.2) is 0 Å². The molecule has 0 saturated carbocycles. The van der Waals surface area contributed by atoms with Crippen LogP contribution in [0.2, 0.25) is 0 Å². The zero-order chi connectivity index (χ0) is 10.7. The van der Waals surface area contributed by atoms with Gasteiger partial charge in [0.15, 0.2) is 5.78 Å². The number of halogens is 1. The molecule has 0 aliphatic heterocycles. The summed E-state index contributed by atoms with van der Waals surface area (Å²) < 4.78 is 1.10. The lowest BCUT2D eigenvalue weighted by molar-refractivity contribution is 0.102. The molecule has 1 aliphatic rings. The second kappa shape index (κ2) is 4.75. The van der Waals surface area contributed by atoms with Crippen LogP contribution in [0.4, 0.5) is 0 Å². The van der Waals surface area contributed by atoms with E-state index < -0.39 is 0 Å². The Morgan fingerprint density at radius 3 is 2.40 bits per heavy atom. The van der Waals surface area contributed by atoms with Crippen LogP contribution in [0.3, 0.4) is 0 Å². The van der Waals surface area contributed by atoms with Gasteiger partial charge < -0.3 is 0 Å². The minimum atomic E-state index is 0.183. The van der Waals surface area contributed by atoms with E-state index in [1.54, 1.807) is 0 Å². The fourth-order valence-corrected chi connectivity index (χ4v) is 2.53. The van der Waals surface area contributed by atoms with Crippen molar-refractivity contribution in [2.75, 3.05) is 0 Å². The first-order valence-electron chi connectivity index (χ1n) is 5.26. The fraction of sp³-hybridized carbons (Fsp3) is 0.308. The Kier molecular flexibility index (Phi) is 3.37. The van der Waals surface area contributed by atoms with Crippen molar-refractivity contribution in [2.24, 2.45) is 0 Å². The summed E-state index contributed by atoms with van der Waals surface area (Å²) in [6, 6.07) is 9.50. The molecule has 0 fully saturated rings. The minimum absolute atomic E-state index is 0.183. The SMILES string of the molecule is O=C(C1=C(Br)CCCC1)c1ccccc1. The van der Waals surface area contributed by atoms with Crippen LogP contribution in [0.25, 0.3) is 0 Å². The summed E-state index contributed by atoms with van der Waals surface area (Å²) in [7, 11) is 0. The zero-order valence-corrected chi connectivity index (χ0v) is 10.1. The highest BCUT2D eigenvalue weighted by Crippen LogP contribution is 2.30. The normalized spacial score (nSPS) is 16.6. The molecule has 0 atom stereocenters. The van der Waals surface area contributed by atoms with Gasteiger partial charge in [0.2, 0.25) is 0 Å². The van der Waals surface area contributed by atoms with Gasteiger partial charge in [-0.3, -0.25) is 4.79 Å². The third-order valence-corrected chi connectivity index (χ3v) is 3.59. The van der Waals surface area contributed by atoms with Crippen molar-refractivity contribution < 1.29 is 4.79 Å². The van der Waals surface area contributed by atoms with Gasteiger partial charge in [0.1, 0.15) is 0 Å². The molecule has 2 rings (SSSR count). The second-order valence-corrected chi connectivity index (χ2v) is 4.74. The van der Waals surface area contributed by atoms with E-state index in [2.05, 4.69) is 15.9 Å². The molecule has 0 spiro atoms. The van der Waals surface area contributed by atoms with E-state index in [0.29, 0.717) is 0 Å². The van der Waals surface area contributed by atoms with Crippen LogP contribution in [0.15, 0.2) is 40.4 Å². The lowest BCUT2D eigenvalue weighted by Crippen LogP contribution is -2.08. The Balaban J connectivity index is 2.28. The molecule has 0 saturated heterocycles. The number of rotatable bonds is 2. The van der Waals surface area contributed by atoms with Crippen molar-refractivity contribution in [3.8, 4) is 0 Å². The van der Waals surface area contributed by atoms with E-state index in [9.17, 15) is 4.79 Å². The van der Waals surface area contributed by atoms with Crippen LogP contribution in [0.5, 0.6) is 0 Å². The summed E-state index contributed by atoms with van der Waals surface area (Å²) in [5.74, 6) is 0.183. The van der Waals surface area contributed by atoms with Crippen molar-refractivity contribution in [3.05, 3.63) is 46.0 Å². The molecular formula is C13H13BrO. The van der Waals surface area contributed by atoms with Gasteiger partial charge >= 0.3 is 0 Å². The second-order valence-electron chi connectivity index (χ2n) is 3.79. The fourth-order valence-electron chi connectivity index (χ4n) is 1.87. The Morgan fingerprint density at radius 2 is 1.73 bits per heavy atom. The van der Waals surface area contributed by atoms with Gasteiger partial charge in [-0.05, 0) is 25.7 Å². The summed E-state index contributed by atoms with van der Waals surface area (Å²) in [6.07, 6.45) is 4.23. The van der Waals surface area contributed by atoms with Gasteiger partial charge in [0, 0.05) is 15.6 Å². The summed E-state index contributed by atoms with van der Waals surface area (Å²) in [6.45, 7) is 0. The van der Waals surface area contributed by atoms with Crippen molar-refractivity contribution >= 4 is 21.7 Å². The zero-order valence-electron chi connectivity index (χ0n) is 8.50. The molecule has 15 heavy (non-hydrogen) atoms. The number of ketones is 1. The summed E-state index contributed by atoms with van der Waals surface area (Å²) in [5.41, 5.74) is 1.76. The van der Waals surface area contributed by atoms with E-state index in [-0.39, 0.29) is 5.78 Å². The standard InChI is InChI=1S/C13H13BrO/c14-12-9-5-4-8-11(12)13(15)10-6-2-1-3-7-10/h1-3,6-7H,4-5,8-9H2. The van der Waals surface area contributed by atoms with Gasteiger partial charge in [-0.15, -0.1) is 0 Å². The van der Waals surface area contributed by atoms with Gasteiger partial charge in [-0.2, -0.15) is 0 Å². The van der Waals surface area contributed by atoms with Crippen molar-refractivity contribution in [2.45, 2.75) is 25.7 Å². The average molecular weight is 265 g/mol. The smallest absolute Gasteiger partial charge is 0.189 e. The van der Waals surface area contributed by atoms with Crippen LogP contribution in [0.1, 0.15) is 36.0 Å². The number of Topliss-reactive ketones (excluding diaryl/α,β-unsaturated/α-hetero) is 1. The molecule has 78 valence electrons. The highest BCUT2D eigenvalue weighted by atomic mass is 79.9. The number of hydrogen-bond donors (Lipinski definition) is 0. The number of hydrogen-bond acceptors (Lipinski definition) is 1. The van der Waals surface area contributed by atoms with E-state index in [1.165, 1.54) is 6.42 Å². The van der Waals surface area contributed by atoms with Crippen LogP contribution in [-0.2, 0) is 0 Å². The summed E-state index contributed by atoms with van der Waals surface area (Å²) >= 11 is 3.51. The molecule has 1 nitrogen and oxygen atoms in total. The van der Waals surface area contributed by atoms with E-state index in [1.807, 2.05) is 30.3 Å².